The number of amides is 1. The molecule has 1 aliphatic rings. The van der Waals surface area contributed by atoms with Gasteiger partial charge >= 0.3 is 0 Å². The zero-order valence-corrected chi connectivity index (χ0v) is 20.6. The highest BCUT2D eigenvalue weighted by atomic mass is 32.1. The average Bonchev–Trinajstić information content (AvgIpc) is 3.51. The van der Waals surface area contributed by atoms with Gasteiger partial charge in [-0.2, -0.15) is 9.50 Å². The first kappa shape index (κ1) is 22.9. The number of benzene rings is 2. The number of methoxy groups -OCH3 is 3. The molecule has 10 heteroatoms. The summed E-state index contributed by atoms with van der Waals surface area (Å²) in [6, 6.07) is 11.0. The van der Waals surface area contributed by atoms with Gasteiger partial charge in [0.2, 0.25) is 10.7 Å². The van der Waals surface area contributed by atoms with Crippen molar-refractivity contribution in [2.24, 2.45) is 0 Å². The van der Waals surface area contributed by atoms with Crippen LogP contribution in [0.25, 0.3) is 21.9 Å². The molecule has 0 unspecified atom stereocenters. The van der Waals surface area contributed by atoms with Crippen LogP contribution >= 0.6 is 11.3 Å². The fourth-order valence-corrected chi connectivity index (χ4v) is 5.25. The molecular formula is C25H24N4O5S. The van der Waals surface area contributed by atoms with Gasteiger partial charge in [-0.05, 0) is 24.6 Å². The Balaban J connectivity index is 1.65. The molecule has 4 aromatic rings. The van der Waals surface area contributed by atoms with Gasteiger partial charge in [0, 0.05) is 17.7 Å². The predicted molar refractivity (Wildman–Crippen MR) is 134 cm³/mol. The Morgan fingerprint density at radius 1 is 1.00 bits per heavy atom. The Morgan fingerprint density at radius 2 is 1.71 bits per heavy atom. The molecule has 9 nitrogen and oxygen atoms in total. The first-order valence-corrected chi connectivity index (χ1v) is 12.0. The molecule has 0 radical (unpaired) electrons. The van der Waals surface area contributed by atoms with Gasteiger partial charge in [-0.1, -0.05) is 42.9 Å². The van der Waals surface area contributed by atoms with Crippen molar-refractivity contribution in [3.63, 3.8) is 0 Å². The Morgan fingerprint density at radius 3 is 2.34 bits per heavy atom. The molecule has 35 heavy (non-hydrogen) atoms. The van der Waals surface area contributed by atoms with Crippen molar-refractivity contribution < 1.29 is 19.0 Å². The van der Waals surface area contributed by atoms with Crippen LogP contribution in [-0.2, 0) is 4.79 Å². The summed E-state index contributed by atoms with van der Waals surface area (Å²) in [5.74, 6) is 1.55. The van der Waals surface area contributed by atoms with E-state index in [1.54, 1.807) is 17.0 Å². The Hall–Kier alpha value is -3.92. The maximum Gasteiger partial charge on any atom is 0.291 e. The lowest BCUT2D eigenvalue weighted by atomic mass is 10.1. The molecule has 0 atom stereocenters. The van der Waals surface area contributed by atoms with Crippen LogP contribution in [0, 0.1) is 0 Å². The SMILES string of the molecule is CCCCN1C(=O)/C(=c2\sc3nc(-c4cc(OC)c(OC)c(OC)c4)nn3c2=O)c2ccccc21. The zero-order valence-electron chi connectivity index (χ0n) is 19.8. The molecule has 1 amide bonds. The van der Waals surface area contributed by atoms with Gasteiger partial charge in [0.1, 0.15) is 4.53 Å². The van der Waals surface area contributed by atoms with Crippen LogP contribution in [0.5, 0.6) is 17.2 Å². The fourth-order valence-electron chi connectivity index (χ4n) is 4.26. The van der Waals surface area contributed by atoms with Crippen LogP contribution in [-0.4, -0.2) is 48.4 Å². The number of carbonyl (C=O) groups excluding carboxylic acids is 1. The van der Waals surface area contributed by atoms with Crippen molar-refractivity contribution in [3.05, 3.63) is 56.8 Å². The van der Waals surface area contributed by atoms with Crippen LogP contribution in [0.1, 0.15) is 25.3 Å². The molecule has 0 aliphatic carbocycles. The summed E-state index contributed by atoms with van der Waals surface area (Å²) in [4.78, 5) is 33.5. The van der Waals surface area contributed by atoms with Gasteiger partial charge in [-0.15, -0.1) is 5.10 Å². The van der Waals surface area contributed by atoms with E-state index in [0.717, 1.165) is 35.4 Å². The molecule has 0 bridgehead atoms. The molecular weight excluding hydrogens is 468 g/mol. The van der Waals surface area contributed by atoms with Gasteiger partial charge < -0.3 is 19.1 Å². The Labute approximate surface area is 205 Å². The van der Waals surface area contributed by atoms with E-state index in [2.05, 4.69) is 17.0 Å². The summed E-state index contributed by atoms with van der Waals surface area (Å²) in [6.45, 7) is 2.69. The van der Waals surface area contributed by atoms with E-state index in [1.807, 2.05) is 24.3 Å². The number of aromatic nitrogens is 3. The second-order valence-electron chi connectivity index (χ2n) is 7.98. The molecule has 1 aliphatic heterocycles. The van der Waals surface area contributed by atoms with E-state index in [1.165, 1.54) is 25.8 Å². The molecule has 0 saturated heterocycles. The number of fused-ring (bicyclic) bond motifs is 2. The van der Waals surface area contributed by atoms with Crippen LogP contribution in [0.3, 0.4) is 0 Å². The number of thiazole rings is 1. The number of nitrogens with zero attached hydrogens (tertiary/aromatic N) is 4. The normalized spacial score (nSPS) is 14.5. The third kappa shape index (κ3) is 3.61. The molecule has 2 aromatic carbocycles. The smallest absolute Gasteiger partial charge is 0.291 e. The third-order valence-electron chi connectivity index (χ3n) is 5.97. The van der Waals surface area contributed by atoms with Crippen LogP contribution in [0.2, 0.25) is 0 Å². The van der Waals surface area contributed by atoms with Crippen molar-refractivity contribution in [1.82, 2.24) is 14.6 Å². The van der Waals surface area contributed by atoms with Crippen LogP contribution in [0.4, 0.5) is 5.69 Å². The van der Waals surface area contributed by atoms with E-state index in [4.69, 9.17) is 14.2 Å². The van der Waals surface area contributed by atoms with Crippen molar-refractivity contribution in [3.8, 4) is 28.6 Å². The minimum absolute atomic E-state index is 0.161. The molecule has 0 N–H and O–H groups in total. The topological polar surface area (TPSA) is 95.3 Å². The predicted octanol–water partition coefficient (Wildman–Crippen LogP) is 2.91. The Bertz CT molecular complexity index is 1530. The average molecular weight is 493 g/mol. The first-order chi connectivity index (χ1) is 17.0. The number of unbranched alkanes of at least 4 members (excludes halogenated alkanes) is 1. The summed E-state index contributed by atoms with van der Waals surface area (Å²) in [5, 5.41) is 4.44. The highest BCUT2D eigenvalue weighted by molar-refractivity contribution is 7.15. The van der Waals surface area contributed by atoms with Crippen molar-refractivity contribution in [1.29, 1.82) is 0 Å². The van der Waals surface area contributed by atoms with E-state index >= 15 is 0 Å². The lowest BCUT2D eigenvalue weighted by Gasteiger charge is -2.16. The number of ether oxygens (including phenoxy) is 3. The van der Waals surface area contributed by atoms with E-state index in [-0.39, 0.29) is 11.5 Å². The molecule has 180 valence electrons. The van der Waals surface area contributed by atoms with Gasteiger partial charge in [-0.3, -0.25) is 9.59 Å². The molecule has 2 aromatic heterocycles. The van der Waals surface area contributed by atoms with Crippen molar-refractivity contribution in [2.45, 2.75) is 19.8 Å². The van der Waals surface area contributed by atoms with Gasteiger partial charge in [0.25, 0.3) is 11.5 Å². The molecule has 5 rings (SSSR count). The largest absolute Gasteiger partial charge is 0.493 e. The van der Waals surface area contributed by atoms with Crippen LogP contribution in [0.15, 0.2) is 41.2 Å². The highest BCUT2D eigenvalue weighted by Crippen LogP contribution is 2.40. The number of hydrogen-bond acceptors (Lipinski definition) is 8. The molecule has 3 heterocycles. The number of anilines is 1. The summed E-state index contributed by atoms with van der Waals surface area (Å²) in [5.41, 5.74) is 2.24. The maximum atomic E-state index is 13.4. The number of rotatable bonds is 7. The van der Waals surface area contributed by atoms with E-state index in [9.17, 15) is 9.59 Å². The Kier molecular flexibility index (Phi) is 5.89. The van der Waals surface area contributed by atoms with Gasteiger partial charge in [0.05, 0.1) is 32.6 Å². The summed E-state index contributed by atoms with van der Waals surface area (Å²) in [7, 11) is 4.58. The van der Waals surface area contributed by atoms with Gasteiger partial charge in [0.15, 0.2) is 17.3 Å². The minimum atomic E-state index is -0.369. The first-order valence-electron chi connectivity index (χ1n) is 11.2. The zero-order chi connectivity index (χ0) is 24.7. The summed E-state index contributed by atoms with van der Waals surface area (Å²) < 4.78 is 17.8. The quantitative estimate of drug-likeness (QED) is 0.391. The second-order valence-corrected chi connectivity index (χ2v) is 8.96. The lowest BCUT2D eigenvalue weighted by Crippen LogP contribution is -2.33. The molecule has 0 spiro atoms. The van der Waals surface area contributed by atoms with Crippen molar-refractivity contribution >= 4 is 33.5 Å². The second kappa shape index (κ2) is 9.03. The van der Waals surface area contributed by atoms with E-state index < -0.39 is 0 Å². The van der Waals surface area contributed by atoms with Crippen LogP contribution < -0.4 is 29.2 Å². The number of carbonyl (C=O) groups is 1. The maximum absolute atomic E-state index is 13.4. The third-order valence-corrected chi connectivity index (χ3v) is 7.00. The number of para-hydroxylation sites is 1. The number of hydrogen-bond donors (Lipinski definition) is 0. The monoisotopic (exact) mass is 492 g/mol. The molecule has 0 saturated carbocycles. The van der Waals surface area contributed by atoms with Crippen molar-refractivity contribution in [2.75, 3.05) is 32.8 Å². The lowest BCUT2D eigenvalue weighted by molar-refractivity contribution is -0.113. The van der Waals surface area contributed by atoms with E-state index in [0.29, 0.717) is 50.2 Å². The highest BCUT2D eigenvalue weighted by Gasteiger charge is 2.34. The van der Waals surface area contributed by atoms with Gasteiger partial charge in [-0.25, -0.2) is 0 Å². The minimum Gasteiger partial charge on any atom is -0.493 e. The summed E-state index contributed by atoms with van der Waals surface area (Å²) >= 11 is 1.16. The summed E-state index contributed by atoms with van der Waals surface area (Å²) in [6.07, 6.45) is 1.85. The standard InChI is InChI=1S/C25H24N4O5S/c1-5-6-11-28-16-10-8-7-9-15(16)19(23(28)30)21-24(31)29-25(35-21)26-22(27-29)14-12-17(32-2)20(34-4)18(13-14)33-3/h7-10,12-13H,5-6,11H2,1-4H3/b21-19-. The fraction of sp³-hybridized carbons (Fsp3) is 0.280. The molecule has 0 fully saturated rings.